The highest BCUT2D eigenvalue weighted by molar-refractivity contribution is 6.11. The van der Waals surface area contributed by atoms with Crippen LogP contribution < -0.4 is 15.8 Å². The fourth-order valence-corrected chi connectivity index (χ4v) is 2.47. The molecule has 2 rings (SSSR count). The number of carbonyl (C=O) groups excluding carboxylic acids is 1. The number of aromatic nitrogens is 2. The lowest BCUT2D eigenvalue weighted by Gasteiger charge is -2.16. The van der Waals surface area contributed by atoms with Crippen LogP contribution >= 0.6 is 0 Å². The van der Waals surface area contributed by atoms with Crippen LogP contribution in [0, 0.1) is 6.92 Å². The fraction of sp³-hybridized carbons (Fsp3) is 0.429. The first kappa shape index (κ1) is 24.0. The molecule has 4 N–H and O–H groups in total. The minimum Gasteiger partial charge on any atom is -0.474 e. The largest absolute Gasteiger partial charge is 0.474 e. The van der Waals surface area contributed by atoms with Crippen molar-refractivity contribution in [3.63, 3.8) is 0 Å². The van der Waals surface area contributed by atoms with E-state index in [2.05, 4.69) is 34.1 Å². The Morgan fingerprint density at radius 3 is 2.45 bits per heavy atom. The Balaban J connectivity index is 0.00000132. The van der Waals surface area contributed by atoms with Crippen molar-refractivity contribution in [2.75, 3.05) is 19.0 Å². The number of rotatable bonds is 7. The summed E-state index contributed by atoms with van der Waals surface area (Å²) in [5, 5.41) is 10.5. The molecule has 0 unspecified atom stereocenters. The topological polar surface area (TPSA) is 123 Å². The number of anilines is 1. The molecule has 0 bridgehead atoms. The average Bonchev–Trinajstić information content (AvgIpc) is 2.72. The van der Waals surface area contributed by atoms with E-state index in [9.17, 15) is 4.79 Å². The molecule has 0 fully saturated rings. The molecule has 0 aliphatic heterocycles. The predicted octanol–water partition coefficient (Wildman–Crippen LogP) is 2.94. The number of amidine groups is 1. The van der Waals surface area contributed by atoms with E-state index >= 15 is 0 Å². The molecule has 0 aliphatic rings. The standard InChI is InChI=1S/C19H25N5O2.C2H6O/c1-5-13(6-2)26-16-10-9-15(18(21-4)23-16)17(20)24-19(25)14-8-7-11-22-12(14)3;1-2-3/h7-11,13H,5-6H2,1-4H3,(H,21,23)(H2,20,24,25);3H,2H2,1H3. The SMILES string of the molecule is CCC(CC)Oc1ccc(C(N)=NC(=O)c2cccnc2C)c(NC)n1.CCO. The van der Waals surface area contributed by atoms with Crippen LogP contribution in [0.3, 0.4) is 0 Å². The molecule has 2 aromatic rings. The lowest BCUT2D eigenvalue weighted by atomic mass is 10.2. The molecular formula is C21H31N5O3. The van der Waals surface area contributed by atoms with Crippen LogP contribution in [0.2, 0.25) is 0 Å². The van der Waals surface area contributed by atoms with Crippen molar-refractivity contribution < 1.29 is 14.6 Å². The maximum absolute atomic E-state index is 12.4. The van der Waals surface area contributed by atoms with E-state index in [1.807, 2.05) is 0 Å². The quantitative estimate of drug-likeness (QED) is 0.481. The van der Waals surface area contributed by atoms with Gasteiger partial charge in [-0.2, -0.15) is 9.98 Å². The molecule has 0 aliphatic carbocycles. The zero-order valence-electron chi connectivity index (χ0n) is 17.8. The zero-order valence-corrected chi connectivity index (χ0v) is 17.8. The van der Waals surface area contributed by atoms with Gasteiger partial charge in [0.1, 0.15) is 11.7 Å². The third-order valence-electron chi connectivity index (χ3n) is 4.04. The van der Waals surface area contributed by atoms with Gasteiger partial charge >= 0.3 is 0 Å². The lowest BCUT2D eigenvalue weighted by molar-refractivity contribution is 0.100. The van der Waals surface area contributed by atoms with E-state index in [1.165, 1.54) is 0 Å². The highest BCUT2D eigenvalue weighted by Crippen LogP contribution is 2.20. The van der Waals surface area contributed by atoms with Gasteiger partial charge < -0.3 is 20.9 Å². The van der Waals surface area contributed by atoms with Crippen molar-refractivity contribution in [2.24, 2.45) is 10.7 Å². The van der Waals surface area contributed by atoms with Crippen molar-refractivity contribution in [1.29, 1.82) is 0 Å². The minimum absolute atomic E-state index is 0.0872. The number of ether oxygens (including phenoxy) is 1. The summed E-state index contributed by atoms with van der Waals surface area (Å²) in [6.45, 7) is 7.82. The van der Waals surface area contributed by atoms with Crippen molar-refractivity contribution in [3.8, 4) is 5.88 Å². The molecule has 0 saturated heterocycles. The summed E-state index contributed by atoms with van der Waals surface area (Å²) in [6.07, 6.45) is 3.54. The summed E-state index contributed by atoms with van der Waals surface area (Å²) < 4.78 is 5.85. The molecule has 2 heterocycles. The number of aliphatic hydroxyl groups is 1. The van der Waals surface area contributed by atoms with Crippen LogP contribution in [0.4, 0.5) is 5.82 Å². The summed E-state index contributed by atoms with van der Waals surface area (Å²) >= 11 is 0. The van der Waals surface area contributed by atoms with Crippen LogP contribution in [0.25, 0.3) is 0 Å². The van der Waals surface area contributed by atoms with E-state index in [0.29, 0.717) is 28.5 Å². The van der Waals surface area contributed by atoms with E-state index in [-0.39, 0.29) is 18.5 Å². The van der Waals surface area contributed by atoms with Crippen LogP contribution in [0.15, 0.2) is 35.5 Å². The minimum atomic E-state index is -0.437. The number of aliphatic imine (C=N–C) groups is 1. The summed E-state index contributed by atoms with van der Waals surface area (Å²) in [5.41, 5.74) is 7.62. The van der Waals surface area contributed by atoms with Crippen LogP contribution in [-0.4, -0.2) is 46.6 Å². The van der Waals surface area contributed by atoms with Gasteiger partial charge in [-0.25, -0.2) is 0 Å². The average molecular weight is 402 g/mol. The highest BCUT2D eigenvalue weighted by atomic mass is 16.5. The number of amides is 1. The van der Waals surface area contributed by atoms with Gasteiger partial charge in [-0.1, -0.05) is 13.8 Å². The number of nitrogens with two attached hydrogens (primary N) is 1. The number of pyridine rings is 2. The Hall–Kier alpha value is -3.00. The maximum atomic E-state index is 12.4. The highest BCUT2D eigenvalue weighted by Gasteiger charge is 2.14. The zero-order chi connectivity index (χ0) is 21.8. The molecule has 0 spiro atoms. The van der Waals surface area contributed by atoms with Crippen molar-refractivity contribution in [2.45, 2.75) is 46.6 Å². The van der Waals surface area contributed by atoms with E-state index in [4.69, 9.17) is 15.6 Å². The normalized spacial score (nSPS) is 10.9. The molecule has 1 amide bonds. The second-order valence-electron chi connectivity index (χ2n) is 6.11. The number of hydrogen-bond donors (Lipinski definition) is 3. The molecular weight excluding hydrogens is 370 g/mol. The first-order valence-electron chi connectivity index (χ1n) is 9.68. The lowest BCUT2D eigenvalue weighted by Crippen LogP contribution is -2.20. The van der Waals surface area contributed by atoms with Crippen LogP contribution in [0.5, 0.6) is 5.88 Å². The molecule has 8 heteroatoms. The van der Waals surface area contributed by atoms with Gasteiger partial charge in [-0.3, -0.25) is 9.78 Å². The first-order valence-corrected chi connectivity index (χ1v) is 9.68. The molecule has 8 nitrogen and oxygen atoms in total. The van der Waals surface area contributed by atoms with Crippen LogP contribution in [-0.2, 0) is 0 Å². The monoisotopic (exact) mass is 401 g/mol. The van der Waals surface area contributed by atoms with Crippen LogP contribution in [0.1, 0.15) is 55.2 Å². The summed E-state index contributed by atoms with van der Waals surface area (Å²) in [4.78, 5) is 24.9. The van der Waals surface area contributed by atoms with Gasteiger partial charge in [0.25, 0.3) is 5.91 Å². The van der Waals surface area contributed by atoms with E-state index in [1.54, 1.807) is 51.4 Å². The smallest absolute Gasteiger partial charge is 0.280 e. The Morgan fingerprint density at radius 2 is 1.90 bits per heavy atom. The molecule has 0 saturated carbocycles. The third kappa shape index (κ3) is 7.15. The van der Waals surface area contributed by atoms with Gasteiger partial charge in [0.15, 0.2) is 0 Å². The fourth-order valence-electron chi connectivity index (χ4n) is 2.47. The van der Waals surface area contributed by atoms with Gasteiger partial charge in [0.2, 0.25) is 5.88 Å². The Morgan fingerprint density at radius 1 is 1.24 bits per heavy atom. The molecule has 0 radical (unpaired) electrons. The number of aliphatic hydroxyl groups excluding tert-OH is 1. The summed E-state index contributed by atoms with van der Waals surface area (Å²) in [5.74, 6) is 0.663. The van der Waals surface area contributed by atoms with Gasteiger partial charge in [0, 0.05) is 25.9 Å². The van der Waals surface area contributed by atoms with Gasteiger partial charge in [-0.15, -0.1) is 0 Å². The number of nitrogens with one attached hydrogen (secondary N) is 1. The molecule has 0 atom stereocenters. The van der Waals surface area contributed by atoms with Gasteiger partial charge in [0.05, 0.1) is 22.9 Å². The Kier molecular flexibility index (Phi) is 10.3. The Labute approximate surface area is 172 Å². The Bertz CT molecular complexity index is 820. The van der Waals surface area contributed by atoms with Crippen molar-refractivity contribution in [3.05, 3.63) is 47.3 Å². The molecule has 0 aromatic carbocycles. The number of carbonyl (C=O) groups is 1. The predicted molar refractivity (Wildman–Crippen MR) is 116 cm³/mol. The van der Waals surface area contributed by atoms with Gasteiger partial charge in [-0.05, 0) is 44.9 Å². The summed E-state index contributed by atoms with van der Waals surface area (Å²) in [7, 11) is 1.73. The van der Waals surface area contributed by atoms with Crippen molar-refractivity contribution >= 4 is 17.6 Å². The third-order valence-corrected chi connectivity index (χ3v) is 4.04. The molecule has 158 valence electrons. The number of hydrogen-bond acceptors (Lipinski definition) is 6. The number of nitrogens with zero attached hydrogens (tertiary/aromatic N) is 3. The molecule has 2 aromatic heterocycles. The van der Waals surface area contributed by atoms with Crippen molar-refractivity contribution in [1.82, 2.24) is 9.97 Å². The van der Waals surface area contributed by atoms with E-state index in [0.717, 1.165) is 12.8 Å². The first-order chi connectivity index (χ1) is 13.9. The molecule has 29 heavy (non-hydrogen) atoms. The second-order valence-corrected chi connectivity index (χ2v) is 6.11. The maximum Gasteiger partial charge on any atom is 0.280 e. The second kappa shape index (κ2) is 12.5. The summed E-state index contributed by atoms with van der Waals surface area (Å²) in [6, 6.07) is 6.84. The van der Waals surface area contributed by atoms with E-state index < -0.39 is 5.91 Å². The number of aryl methyl sites for hydroxylation is 1.